The van der Waals surface area contributed by atoms with E-state index in [4.69, 9.17) is 0 Å². The number of likely N-dealkylation sites (N-methyl/N-ethyl adjacent to an activating group) is 1. The first-order chi connectivity index (χ1) is 8.19. The van der Waals surface area contributed by atoms with Gasteiger partial charge in [0.2, 0.25) is 0 Å². The maximum absolute atomic E-state index is 3.69. The third kappa shape index (κ3) is 3.69. The summed E-state index contributed by atoms with van der Waals surface area (Å²) >= 11 is 0. The molecule has 2 saturated carbocycles. The zero-order valence-corrected chi connectivity index (χ0v) is 11.9. The predicted octanol–water partition coefficient (Wildman–Crippen LogP) is 2.74. The smallest absolute Gasteiger partial charge is 0.0166 e. The average molecular weight is 238 g/mol. The normalized spacial score (nSPS) is 33.5. The van der Waals surface area contributed by atoms with E-state index in [1.807, 2.05) is 0 Å². The molecule has 0 aromatic heterocycles. The highest BCUT2D eigenvalue weighted by Gasteiger charge is 2.38. The molecule has 0 heterocycles. The molecule has 4 atom stereocenters. The summed E-state index contributed by atoms with van der Waals surface area (Å²) < 4.78 is 0. The van der Waals surface area contributed by atoms with Crippen molar-refractivity contribution in [3.63, 3.8) is 0 Å². The van der Waals surface area contributed by atoms with Gasteiger partial charge in [0.15, 0.2) is 0 Å². The third-order valence-corrected chi connectivity index (χ3v) is 5.02. The highest BCUT2D eigenvalue weighted by Crippen LogP contribution is 2.49. The van der Waals surface area contributed by atoms with Crippen molar-refractivity contribution in [3.8, 4) is 0 Å². The van der Waals surface area contributed by atoms with Crippen LogP contribution >= 0.6 is 0 Å². The van der Waals surface area contributed by atoms with Crippen molar-refractivity contribution in [2.45, 2.75) is 52.0 Å². The predicted molar refractivity (Wildman–Crippen MR) is 74.2 cm³/mol. The van der Waals surface area contributed by atoms with Crippen molar-refractivity contribution in [2.75, 3.05) is 26.7 Å². The van der Waals surface area contributed by atoms with E-state index in [0.717, 1.165) is 24.3 Å². The van der Waals surface area contributed by atoms with Gasteiger partial charge in [0.25, 0.3) is 0 Å². The van der Waals surface area contributed by atoms with Gasteiger partial charge < -0.3 is 10.2 Å². The molecular formula is C15H30N2. The average Bonchev–Trinajstić information content (AvgIpc) is 2.90. The van der Waals surface area contributed by atoms with Crippen LogP contribution in [0, 0.1) is 17.8 Å². The standard InChI is InChI=1S/C15H30N2/c1-4-17(3)11-12(2)16-8-7-15-10-13-5-6-14(15)9-13/h12-16H,4-11H2,1-3H3. The largest absolute Gasteiger partial charge is 0.313 e. The van der Waals surface area contributed by atoms with Crippen LogP contribution in [0.3, 0.4) is 0 Å². The van der Waals surface area contributed by atoms with E-state index in [1.165, 1.54) is 38.8 Å². The van der Waals surface area contributed by atoms with Gasteiger partial charge in [0.1, 0.15) is 0 Å². The number of hydrogen-bond donors (Lipinski definition) is 1. The lowest BCUT2D eigenvalue weighted by atomic mass is 9.86. The van der Waals surface area contributed by atoms with Gasteiger partial charge in [0, 0.05) is 12.6 Å². The molecule has 4 unspecified atom stereocenters. The van der Waals surface area contributed by atoms with Crippen LogP contribution in [0.4, 0.5) is 0 Å². The summed E-state index contributed by atoms with van der Waals surface area (Å²) in [5.74, 6) is 3.25. The van der Waals surface area contributed by atoms with Gasteiger partial charge in [-0.3, -0.25) is 0 Å². The number of fused-ring (bicyclic) bond motifs is 2. The van der Waals surface area contributed by atoms with Crippen molar-refractivity contribution in [2.24, 2.45) is 17.8 Å². The van der Waals surface area contributed by atoms with E-state index in [2.05, 4.69) is 31.1 Å². The summed E-state index contributed by atoms with van der Waals surface area (Å²) in [6.07, 6.45) is 7.57. The van der Waals surface area contributed by atoms with Gasteiger partial charge in [-0.05, 0) is 70.5 Å². The van der Waals surface area contributed by atoms with Crippen molar-refractivity contribution < 1.29 is 0 Å². The van der Waals surface area contributed by atoms with Crippen molar-refractivity contribution in [1.29, 1.82) is 0 Å². The molecule has 17 heavy (non-hydrogen) atoms. The Bertz CT molecular complexity index is 229. The molecule has 0 amide bonds. The highest BCUT2D eigenvalue weighted by molar-refractivity contribution is 4.90. The third-order valence-electron chi connectivity index (χ3n) is 5.02. The number of nitrogens with one attached hydrogen (secondary N) is 1. The Morgan fingerprint density at radius 1 is 1.29 bits per heavy atom. The Hall–Kier alpha value is -0.0800. The lowest BCUT2D eigenvalue weighted by Crippen LogP contribution is -2.38. The first-order valence-electron chi connectivity index (χ1n) is 7.61. The molecule has 2 rings (SSSR count). The Kier molecular flexibility index (Phi) is 4.87. The van der Waals surface area contributed by atoms with Crippen LogP contribution in [0.15, 0.2) is 0 Å². The molecule has 2 nitrogen and oxygen atoms in total. The zero-order chi connectivity index (χ0) is 12.3. The number of rotatable bonds is 7. The molecular weight excluding hydrogens is 208 g/mol. The van der Waals surface area contributed by atoms with E-state index in [9.17, 15) is 0 Å². The van der Waals surface area contributed by atoms with Gasteiger partial charge >= 0.3 is 0 Å². The summed E-state index contributed by atoms with van der Waals surface area (Å²) in [7, 11) is 2.20. The zero-order valence-electron chi connectivity index (χ0n) is 11.9. The molecule has 2 aliphatic carbocycles. The maximum Gasteiger partial charge on any atom is 0.0166 e. The van der Waals surface area contributed by atoms with Crippen molar-refractivity contribution in [3.05, 3.63) is 0 Å². The van der Waals surface area contributed by atoms with Crippen LogP contribution in [0.2, 0.25) is 0 Å². The fraction of sp³-hybridized carbons (Fsp3) is 1.00. The van der Waals surface area contributed by atoms with Crippen molar-refractivity contribution in [1.82, 2.24) is 10.2 Å². The van der Waals surface area contributed by atoms with Crippen molar-refractivity contribution >= 4 is 0 Å². The molecule has 100 valence electrons. The van der Waals surface area contributed by atoms with Gasteiger partial charge in [0.05, 0.1) is 0 Å². The monoisotopic (exact) mass is 238 g/mol. The van der Waals surface area contributed by atoms with Gasteiger partial charge in [-0.15, -0.1) is 0 Å². The van der Waals surface area contributed by atoms with E-state index < -0.39 is 0 Å². The Labute approximate surface area is 107 Å². The fourth-order valence-electron chi connectivity index (χ4n) is 3.91. The van der Waals surface area contributed by atoms with Crippen LogP contribution in [-0.2, 0) is 0 Å². The molecule has 0 radical (unpaired) electrons. The van der Waals surface area contributed by atoms with E-state index >= 15 is 0 Å². The SMILES string of the molecule is CCN(C)CC(C)NCCC1CC2CCC1C2. The summed E-state index contributed by atoms with van der Waals surface area (Å²) in [4.78, 5) is 2.38. The second-order valence-electron chi connectivity index (χ2n) is 6.43. The summed E-state index contributed by atoms with van der Waals surface area (Å²) in [5.41, 5.74) is 0. The molecule has 0 aromatic carbocycles. The lowest BCUT2D eigenvalue weighted by molar-refractivity contribution is 0.284. The molecule has 0 saturated heterocycles. The minimum absolute atomic E-state index is 0.638. The first-order valence-corrected chi connectivity index (χ1v) is 7.61. The van der Waals surface area contributed by atoms with E-state index in [1.54, 1.807) is 6.42 Å². The molecule has 1 N–H and O–H groups in total. The molecule has 2 heteroatoms. The van der Waals surface area contributed by atoms with Gasteiger partial charge in [-0.1, -0.05) is 13.3 Å². The minimum Gasteiger partial charge on any atom is -0.313 e. The first kappa shape index (κ1) is 13.4. The van der Waals surface area contributed by atoms with Crippen LogP contribution in [-0.4, -0.2) is 37.6 Å². The molecule has 0 aromatic rings. The maximum atomic E-state index is 3.69. The summed E-state index contributed by atoms with van der Waals surface area (Å²) in [6.45, 7) is 8.09. The molecule has 2 fully saturated rings. The topological polar surface area (TPSA) is 15.3 Å². The van der Waals surface area contributed by atoms with Crippen LogP contribution in [0.25, 0.3) is 0 Å². The lowest BCUT2D eigenvalue weighted by Gasteiger charge is -2.24. The number of hydrogen-bond acceptors (Lipinski definition) is 2. The van der Waals surface area contributed by atoms with E-state index in [-0.39, 0.29) is 0 Å². The second-order valence-corrected chi connectivity index (χ2v) is 6.43. The molecule has 0 aliphatic heterocycles. The van der Waals surface area contributed by atoms with Crippen LogP contribution < -0.4 is 5.32 Å². The van der Waals surface area contributed by atoms with Gasteiger partial charge in [-0.25, -0.2) is 0 Å². The molecule has 2 bridgehead atoms. The minimum atomic E-state index is 0.638. The summed E-state index contributed by atoms with van der Waals surface area (Å²) in [5, 5.41) is 3.69. The Morgan fingerprint density at radius 3 is 2.71 bits per heavy atom. The molecule has 0 spiro atoms. The molecule has 2 aliphatic rings. The van der Waals surface area contributed by atoms with Crippen LogP contribution in [0.5, 0.6) is 0 Å². The van der Waals surface area contributed by atoms with Crippen LogP contribution in [0.1, 0.15) is 46.0 Å². The van der Waals surface area contributed by atoms with E-state index in [0.29, 0.717) is 6.04 Å². The quantitative estimate of drug-likeness (QED) is 0.733. The van der Waals surface area contributed by atoms with Gasteiger partial charge in [-0.2, -0.15) is 0 Å². The fourth-order valence-corrected chi connectivity index (χ4v) is 3.91. The Morgan fingerprint density at radius 2 is 2.12 bits per heavy atom. The highest BCUT2D eigenvalue weighted by atomic mass is 15.1. The number of nitrogens with zero attached hydrogens (tertiary/aromatic N) is 1. The Balaban J connectivity index is 1.57. The summed E-state index contributed by atoms with van der Waals surface area (Å²) in [6, 6.07) is 0.638. The second kappa shape index (κ2) is 6.19.